The van der Waals surface area contributed by atoms with E-state index in [9.17, 15) is 4.79 Å². The van der Waals surface area contributed by atoms with Gasteiger partial charge in [-0.25, -0.2) is 0 Å². The predicted molar refractivity (Wildman–Crippen MR) is 104 cm³/mol. The van der Waals surface area contributed by atoms with Crippen LogP contribution in [0.1, 0.15) is 34.8 Å². The highest BCUT2D eigenvalue weighted by Gasteiger charge is 2.41. The Balaban J connectivity index is 1.86. The van der Waals surface area contributed by atoms with Gasteiger partial charge in [-0.3, -0.25) is 4.79 Å². The summed E-state index contributed by atoms with van der Waals surface area (Å²) < 4.78 is 0. The number of allylic oxidation sites excluding steroid dienone is 2. The minimum atomic E-state index is -0.0793. The molecule has 124 valence electrons. The van der Waals surface area contributed by atoms with E-state index in [1.54, 1.807) is 11.3 Å². The molecule has 0 saturated heterocycles. The van der Waals surface area contributed by atoms with Crippen LogP contribution in [0.3, 0.4) is 0 Å². The number of hydrogen-bond acceptors (Lipinski definition) is 3. The first-order valence-electron chi connectivity index (χ1n) is 8.79. The van der Waals surface area contributed by atoms with Gasteiger partial charge in [0, 0.05) is 28.6 Å². The molecule has 1 aliphatic heterocycles. The fraction of sp³-hybridized carbons (Fsp3) is 0.227. The molecule has 1 aromatic heterocycles. The maximum absolute atomic E-state index is 12.9. The number of ketones is 1. The number of benzene rings is 2. The van der Waals surface area contributed by atoms with E-state index >= 15 is 0 Å². The van der Waals surface area contributed by atoms with Gasteiger partial charge in [0.1, 0.15) is 5.78 Å². The van der Waals surface area contributed by atoms with Crippen molar-refractivity contribution >= 4 is 33.6 Å². The molecule has 0 unspecified atom stereocenters. The van der Waals surface area contributed by atoms with Crippen LogP contribution in [0.25, 0.3) is 10.8 Å². The van der Waals surface area contributed by atoms with Crippen LogP contribution in [0.4, 0.5) is 5.69 Å². The molecule has 1 aliphatic carbocycles. The number of carbonyl (C=O) groups is 1. The van der Waals surface area contributed by atoms with Gasteiger partial charge in [-0.1, -0.05) is 36.4 Å². The SMILES string of the molecule is Cc1ccsc1[C@H]1c2c(ccc3ccccc23)NC2=CCCC(=O)[C@@H]21. The highest BCUT2D eigenvalue weighted by Crippen LogP contribution is 2.50. The second kappa shape index (κ2) is 5.57. The number of anilines is 1. The minimum absolute atomic E-state index is 0.0793. The zero-order valence-corrected chi connectivity index (χ0v) is 14.9. The molecule has 0 saturated carbocycles. The van der Waals surface area contributed by atoms with Crippen molar-refractivity contribution < 1.29 is 4.79 Å². The van der Waals surface area contributed by atoms with Crippen LogP contribution in [-0.4, -0.2) is 5.78 Å². The first-order valence-corrected chi connectivity index (χ1v) is 9.67. The topological polar surface area (TPSA) is 29.1 Å². The van der Waals surface area contributed by atoms with Crippen LogP contribution in [0.15, 0.2) is 59.6 Å². The molecule has 2 aromatic carbocycles. The first kappa shape index (κ1) is 14.9. The number of Topliss-reactive ketones (excluding diaryl/α,β-unsaturated/α-hetero) is 1. The molecule has 5 rings (SSSR count). The summed E-state index contributed by atoms with van der Waals surface area (Å²) >= 11 is 1.78. The lowest BCUT2D eigenvalue weighted by Crippen LogP contribution is -2.34. The molecule has 0 spiro atoms. The highest BCUT2D eigenvalue weighted by molar-refractivity contribution is 7.10. The van der Waals surface area contributed by atoms with Crippen molar-refractivity contribution in [1.82, 2.24) is 0 Å². The standard InChI is InChI=1S/C22H19NOS/c1-13-11-12-25-22(13)21-19-15-6-3-2-5-14(15)9-10-17(19)23-16-7-4-8-18(24)20(16)21/h2-3,5-7,9-12,20-21,23H,4,8H2,1H3/t20-,21+/m1/s1. The molecule has 25 heavy (non-hydrogen) atoms. The smallest absolute Gasteiger partial charge is 0.143 e. The van der Waals surface area contributed by atoms with Crippen molar-refractivity contribution in [3.05, 3.63) is 75.6 Å². The summed E-state index contributed by atoms with van der Waals surface area (Å²) in [5.41, 5.74) is 4.81. The average Bonchev–Trinajstić information content (AvgIpc) is 3.05. The van der Waals surface area contributed by atoms with Crippen LogP contribution in [0, 0.1) is 12.8 Å². The molecule has 2 aliphatic rings. The molecule has 2 nitrogen and oxygen atoms in total. The van der Waals surface area contributed by atoms with E-state index in [1.807, 2.05) is 0 Å². The van der Waals surface area contributed by atoms with Gasteiger partial charge in [0.25, 0.3) is 0 Å². The van der Waals surface area contributed by atoms with E-state index < -0.39 is 0 Å². The minimum Gasteiger partial charge on any atom is -0.358 e. The molecular weight excluding hydrogens is 326 g/mol. The van der Waals surface area contributed by atoms with Crippen LogP contribution >= 0.6 is 11.3 Å². The van der Waals surface area contributed by atoms with Gasteiger partial charge in [-0.15, -0.1) is 11.3 Å². The summed E-state index contributed by atoms with van der Waals surface area (Å²) in [6.45, 7) is 2.16. The van der Waals surface area contributed by atoms with Gasteiger partial charge in [-0.05, 0) is 52.8 Å². The number of hydrogen-bond donors (Lipinski definition) is 1. The van der Waals surface area contributed by atoms with E-state index in [0.717, 1.165) is 17.8 Å². The van der Waals surface area contributed by atoms with Crippen LogP contribution in [-0.2, 0) is 4.79 Å². The number of aryl methyl sites for hydroxylation is 1. The highest BCUT2D eigenvalue weighted by atomic mass is 32.1. The third-order valence-corrected chi connectivity index (χ3v) is 6.62. The maximum atomic E-state index is 12.9. The maximum Gasteiger partial charge on any atom is 0.143 e. The summed E-state index contributed by atoms with van der Waals surface area (Å²) in [6, 6.07) is 15.0. The Hall–Kier alpha value is -2.39. The molecule has 0 fully saturated rings. The van der Waals surface area contributed by atoms with Crippen molar-refractivity contribution in [3.63, 3.8) is 0 Å². The number of fused-ring (bicyclic) bond motifs is 4. The number of rotatable bonds is 1. The number of carbonyl (C=O) groups excluding carboxylic acids is 1. The quantitative estimate of drug-likeness (QED) is 0.619. The van der Waals surface area contributed by atoms with E-state index in [4.69, 9.17) is 0 Å². The third kappa shape index (κ3) is 2.19. The average molecular weight is 345 g/mol. The van der Waals surface area contributed by atoms with E-state index in [0.29, 0.717) is 12.2 Å². The molecule has 0 bridgehead atoms. The second-order valence-corrected chi connectivity index (χ2v) is 7.91. The normalized spacial score (nSPS) is 22.1. The molecule has 1 N–H and O–H groups in total. The van der Waals surface area contributed by atoms with E-state index in [1.165, 1.54) is 26.8 Å². The van der Waals surface area contributed by atoms with Gasteiger partial charge in [0.15, 0.2) is 0 Å². The van der Waals surface area contributed by atoms with Crippen molar-refractivity contribution in [2.24, 2.45) is 5.92 Å². The lowest BCUT2D eigenvalue weighted by Gasteiger charge is -2.38. The van der Waals surface area contributed by atoms with Gasteiger partial charge in [0.2, 0.25) is 0 Å². The fourth-order valence-corrected chi connectivity index (χ4v) is 5.44. The van der Waals surface area contributed by atoms with Gasteiger partial charge < -0.3 is 5.32 Å². The molecular formula is C22H19NOS. The van der Waals surface area contributed by atoms with Crippen molar-refractivity contribution in [3.8, 4) is 0 Å². The molecule has 0 amide bonds. The molecule has 3 heteroatoms. The Bertz CT molecular complexity index is 1030. The fourth-order valence-electron chi connectivity index (χ4n) is 4.37. The zero-order valence-electron chi connectivity index (χ0n) is 14.1. The largest absolute Gasteiger partial charge is 0.358 e. The molecule has 3 aromatic rings. The zero-order chi connectivity index (χ0) is 17.0. The number of nitrogens with one attached hydrogen (secondary N) is 1. The van der Waals surface area contributed by atoms with Gasteiger partial charge in [-0.2, -0.15) is 0 Å². The monoisotopic (exact) mass is 345 g/mol. The Morgan fingerprint density at radius 2 is 1.96 bits per heavy atom. The van der Waals surface area contributed by atoms with Crippen LogP contribution in [0.2, 0.25) is 0 Å². The lowest BCUT2D eigenvalue weighted by molar-refractivity contribution is -0.122. The lowest BCUT2D eigenvalue weighted by atomic mass is 9.72. The summed E-state index contributed by atoms with van der Waals surface area (Å²) in [5.74, 6) is 0.396. The summed E-state index contributed by atoms with van der Waals surface area (Å²) in [6.07, 6.45) is 3.72. The number of thiophene rings is 1. The van der Waals surface area contributed by atoms with Crippen LogP contribution < -0.4 is 5.32 Å². The Morgan fingerprint density at radius 1 is 1.08 bits per heavy atom. The van der Waals surface area contributed by atoms with Crippen LogP contribution in [0.5, 0.6) is 0 Å². The third-order valence-electron chi connectivity index (χ3n) is 5.52. The molecule has 2 heterocycles. The Morgan fingerprint density at radius 3 is 2.80 bits per heavy atom. The summed E-state index contributed by atoms with van der Waals surface area (Å²) in [4.78, 5) is 14.2. The molecule has 2 atom stereocenters. The summed E-state index contributed by atoms with van der Waals surface area (Å²) in [5, 5.41) is 8.21. The molecule has 0 radical (unpaired) electrons. The van der Waals surface area contributed by atoms with Crippen molar-refractivity contribution in [1.29, 1.82) is 0 Å². The Kier molecular flexibility index (Phi) is 3.32. The van der Waals surface area contributed by atoms with Crippen molar-refractivity contribution in [2.75, 3.05) is 5.32 Å². The predicted octanol–water partition coefficient (Wildman–Crippen LogP) is 5.63. The van der Waals surface area contributed by atoms with E-state index in [-0.39, 0.29) is 11.8 Å². The van der Waals surface area contributed by atoms with E-state index in [2.05, 4.69) is 66.2 Å². The van der Waals surface area contributed by atoms with Crippen molar-refractivity contribution in [2.45, 2.75) is 25.7 Å². The Labute approximate surface area is 151 Å². The van der Waals surface area contributed by atoms with Gasteiger partial charge in [0.05, 0.1) is 5.92 Å². The first-order chi connectivity index (χ1) is 12.2. The van der Waals surface area contributed by atoms with Gasteiger partial charge >= 0.3 is 0 Å². The summed E-state index contributed by atoms with van der Waals surface area (Å²) in [7, 11) is 0. The second-order valence-electron chi connectivity index (χ2n) is 6.96.